The second kappa shape index (κ2) is 6.77. The fraction of sp³-hybridized carbons (Fsp3) is 0.375. The molecule has 22 heavy (non-hydrogen) atoms. The van der Waals surface area contributed by atoms with Crippen LogP contribution in [-0.4, -0.2) is 23.5 Å². The molecule has 1 unspecified atom stereocenters. The number of anilines is 1. The van der Waals surface area contributed by atoms with Gasteiger partial charge in [-0.15, -0.1) is 11.3 Å². The molecule has 1 aromatic carbocycles. The van der Waals surface area contributed by atoms with Gasteiger partial charge in [0.2, 0.25) is 5.91 Å². The Hall–Kier alpha value is -1.43. The third-order valence-corrected chi connectivity index (χ3v) is 5.25. The molecule has 2 aromatic rings. The van der Waals surface area contributed by atoms with E-state index < -0.39 is 0 Å². The van der Waals surface area contributed by atoms with E-state index in [9.17, 15) is 4.79 Å². The van der Waals surface area contributed by atoms with Crippen molar-refractivity contribution in [3.63, 3.8) is 0 Å². The summed E-state index contributed by atoms with van der Waals surface area (Å²) in [7, 11) is 0. The molecule has 0 saturated carbocycles. The number of aromatic nitrogens is 1. The zero-order valence-electron chi connectivity index (χ0n) is 12.4. The normalized spacial score (nSPS) is 17.6. The van der Waals surface area contributed by atoms with E-state index in [0.717, 1.165) is 46.8 Å². The second-order valence-corrected chi connectivity index (χ2v) is 6.99. The van der Waals surface area contributed by atoms with Crippen molar-refractivity contribution in [3.8, 4) is 0 Å². The van der Waals surface area contributed by atoms with E-state index in [2.05, 4.69) is 15.6 Å². The quantitative estimate of drug-likeness (QED) is 0.900. The van der Waals surface area contributed by atoms with Crippen molar-refractivity contribution in [3.05, 3.63) is 45.4 Å². The molecule has 4 nitrogen and oxygen atoms in total. The van der Waals surface area contributed by atoms with Gasteiger partial charge in [0.1, 0.15) is 0 Å². The van der Waals surface area contributed by atoms with Crippen LogP contribution >= 0.6 is 22.9 Å². The lowest BCUT2D eigenvalue weighted by atomic mass is 10.1. The summed E-state index contributed by atoms with van der Waals surface area (Å²) < 4.78 is 0. The van der Waals surface area contributed by atoms with E-state index in [-0.39, 0.29) is 11.9 Å². The zero-order chi connectivity index (χ0) is 15.5. The first-order chi connectivity index (χ1) is 10.6. The molecular weight excluding hydrogens is 318 g/mol. The third kappa shape index (κ3) is 3.48. The molecule has 1 amide bonds. The fourth-order valence-electron chi connectivity index (χ4n) is 2.58. The van der Waals surface area contributed by atoms with Crippen LogP contribution in [-0.2, 0) is 11.2 Å². The summed E-state index contributed by atoms with van der Waals surface area (Å²) in [4.78, 5) is 17.4. The standard InChI is InChI=1S/C16H18ClN3OS/c1-10-4-2-5-11(14(10)17)8-12-9-19-16(22-12)20-15(21)13-6-3-7-18-13/h2,4-5,9,13,18H,3,6-8H2,1H3,(H,19,20,21). The second-order valence-electron chi connectivity index (χ2n) is 5.49. The first-order valence-corrected chi connectivity index (χ1v) is 8.56. The summed E-state index contributed by atoms with van der Waals surface area (Å²) in [6.45, 7) is 2.91. The molecule has 2 heterocycles. The number of hydrogen-bond donors (Lipinski definition) is 2. The first-order valence-electron chi connectivity index (χ1n) is 7.36. The third-order valence-electron chi connectivity index (χ3n) is 3.80. The molecule has 1 saturated heterocycles. The van der Waals surface area contributed by atoms with Gasteiger partial charge in [-0.3, -0.25) is 4.79 Å². The van der Waals surface area contributed by atoms with Gasteiger partial charge in [0.25, 0.3) is 0 Å². The maximum Gasteiger partial charge on any atom is 0.243 e. The van der Waals surface area contributed by atoms with Gasteiger partial charge < -0.3 is 10.6 Å². The van der Waals surface area contributed by atoms with E-state index in [1.807, 2.05) is 25.1 Å². The van der Waals surface area contributed by atoms with Crippen LogP contribution in [0.4, 0.5) is 5.13 Å². The lowest BCUT2D eigenvalue weighted by Gasteiger charge is -2.08. The molecule has 0 spiro atoms. The molecule has 0 radical (unpaired) electrons. The van der Waals surface area contributed by atoms with E-state index in [0.29, 0.717) is 5.13 Å². The molecule has 6 heteroatoms. The summed E-state index contributed by atoms with van der Waals surface area (Å²) >= 11 is 7.83. The Labute approximate surface area is 138 Å². The average molecular weight is 336 g/mol. The molecule has 1 aliphatic rings. The number of halogens is 1. The van der Waals surface area contributed by atoms with Crippen LogP contribution in [0.1, 0.15) is 28.8 Å². The number of benzene rings is 1. The Morgan fingerprint density at radius 2 is 2.41 bits per heavy atom. The van der Waals surface area contributed by atoms with Crippen molar-refractivity contribution >= 4 is 34.0 Å². The summed E-state index contributed by atoms with van der Waals surface area (Å²) in [6, 6.07) is 5.94. The van der Waals surface area contributed by atoms with Crippen LogP contribution in [0, 0.1) is 6.92 Å². The zero-order valence-corrected chi connectivity index (χ0v) is 13.9. The van der Waals surface area contributed by atoms with Gasteiger partial charge in [0.05, 0.1) is 6.04 Å². The molecule has 2 N–H and O–H groups in total. The molecule has 1 atom stereocenters. The average Bonchev–Trinajstić information content (AvgIpc) is 3.15. The maximum atomic E-state index is 12.1. The Balaban J connectivity index is 1.66. The molecule has 1 fully saturated rings. The molecule has 1 aliphatic heterocycles. The van der Waals surface area contributed by atoms with Crippen molar-refractivity contribution < 1.29 is 4.79 Å². The highest BCUT2D eigenvalue weighted by atomic mass is 35.5. The maximum absolute atomic E-state index is 12.1. The van der Waals surface area contributed by atoms with Crippen molar-refractivity contribution in [2.75, 3.05) is 11.9 Å². The van der Waals surface area contributed by atoms with Crippen LogP contribution in [0.2, 0.25) is 5.02 Å². The predicted molar refractivity (Wildman–Crippen MR) is 90.8 cm³/mol. The lowest BCUT2D eigenvalue weighted by molar-refractivity contribution is -0.117. The van der Waals surface area contributed by atoms with Gasteiger partial charge in [-0.2, -0.15) is 0 Å². The van der Waals surface area contributed by atoms with E-state index in [1.165, 1.54) is 11.3 Å². The van der Waals surface area contributed by atoms with Crippen LogP contribution in [0.25, 0.3) is 0 Å². The monoisotopic (exact) mass is 335 g/mol. The lowest BCUT2D eigenvalue weighted by Crippen LogP contribution is -2.35. The number of thiazole rings is 1. The molecule has 3 rings (SSSR count). The van der Waals surface area contributed by atoms with Crippen molar-refractivity contribution in [1.29, 1.82) is 0 Å². The topological polar surface area (TPSA) is 54.0 Å². The summed E-state index contributed by atoms with van der Waals surface area (Å²) in [5.74, 6) is 0.00647. The summed E-state index contributed by atoms with van der Waals surface area (Å²) in [5, 5.41) is 7.53. The minimum absolute atomic E-state index is 0.00647. The summed E-state index contributed by atoms with van der Waals surface area (Å²) in [6.07, 6.45) is 4.48. The van der Waals surface area contributed by atoms with Crippen molar-refractivity contribution in [2.45, 2.75) is 32.2 Å². The molecule has 1 aromatic heterocycles. The van der Waals surface area contributed by atoms with Crippen LogP contribution in [0.15, 0.2) is 24.4 Å². The highest BCUT2D eigenvalue weighted by Crippen LogP contribution is 2.26. The van der Waals surface area contributed by atoms with Gasteiger partial charge in [-0.1, -0.05) is 29.8 Å². The highest BCUT2D eigenvalue weighted by Gasteiger charge is 2.22. The number of hydrogen-bond acceptors (Lipinski definition) is 4. The number of amides is 1. The largest absolute Gasteiger partial charge is 0.306 e. The van der Waals surface area contributed by atoms with Gasteiger partial charge in [-0.25, -0.2) is 4.98 Å². The van der Waals surface area contributed by atoms with Gasteiger partial charge in [0.15, 0.2) is 5.13 Å². The van der Waals surface area contributed by atoms with E-state index >= 15 is 0 Å². The van der Waals surface area contributed by atoms with Crippen LogP contribution in [0.3, 0.4) is 0 Å². The first kappa shape index (κ1) is 15.5. The van der Waals surface area contributed by atoms with Crippen molar-refractivity contribution in [1.82, 2.24) is 10.3 Å². The SMILES string of the molecule is Cc1cccc(Cc2cnc(NC(=O)C3CCCN3)s2)c1Cl. The summed E-state index contributed by atoms with van der Waals surface area (Å²) in [5.41, 5.74) is 2.16. The Kier molecular flexibility index (Phi) is 4.76. The number of carbonyl (C=O) groups is 1. The van der Waals surface area contributed by atoms with E-state index in [4.69, 9.17) is 11.6 Å². The smallest absolute Gasteiger partial charge is 0.243 e. The highest BCUT2D eigenvalue weighted by molar-refractivity contribution is 7.15. The van der Waals surface area contributed by atoms with E-state index in [1.54, 1.807) is 6.20 Å². The van der Waals surface area contributed by atoms with Gasteiger partial charge >= 0.3 is 0 Å². The molecule has 116 valence electrons. The molecular formula is C16H18ClN3OS. The fourth-order valence-corrected chi connectivity index (χ4v) is 3.61. The van der Waals surface area contributed by atoms with Gasteiger partial charge in [-0.05, 0) is 37.4 Å². The molecule has 0 bridgehead atoms. The Morgan fingerprint density at radius 3 is 3.18 bits per heavy atom. The van der Waals surface area contributed by atoms with Crippen LogP contribution in [0.5, 0.6) is 0 Å². The van der Waals surface area contributed by atoms with Crippen LogP contribution < -0.4 is 10.6 Å². The molecule has 0 aliphatic carbocycles. The Morgan fingerprint density at radius 1 is 1.55 bits per heavy atom. The number of nitrogens with one attached hydrogen (secondary N) is 2. The predicted octanol–water partition coefficient (Wildman–Crippen LogP) is 3.39. The Bertz CT molecular complexity index is 680. The van der Waals surface area contributed by atoms with Crippen molar-refractivity contribution in [2.24, 2.45) is 0 Å². The number of carbonyl (C=O) groups excluding carboxylic acids is 1. The number of aryl methyl sites for hydroxylation is 1. The minimum atomic E-state index is -0.0847. The number of rotatable bonds is 4. The minimum Gasteiger partial charge on any atom is -0.306 e. The van der Waals surface area contributed by atoms with Gasteiger partial charge in [0, 0.05) is 22.5 Å². The number of nitrogens with zero attached hydrogens (tertiary/aromatic N) is 1.